The van der Waals surface area contributed by atoms with Crippen LogP contribution in [0.3, 0.4) is 0 Å². The molecule has 5 heteroatoms. The summed E-state index contributed by atoms with van der Waals surface area (Å²) in [7, 11) is 0. The van der Waals surface area contributed by atoms with Crippen LogP contribution in [0.2, 0.25) is 0 Å². The van der Waals surface area contributed by atoms with Crippen molar-refractivity contribution in [3.63, 3.8) is 0 Å². The van der Waals surface area contributed by atoms with Crippen LogP contribution in [0.1, 0.15) is 66.5 Å². The lowest BCUT2D eigenvalue weighted by molar-refractivity contribution is -0.123. The molecule has 2 rings (SSSR count). The largest absolute Gasteiger partial charge is 0.345 e. The van der Waals surface area contributed by atoms with Crippen molar-refractivity contribution >= 4 is 28.2 Å². The van der Waals surface area contributed by atoms with Crippen molar-refractivity contribution in [2.24, 2.45) is 5.41 Å². The minimum Gasteiger partial charge on any atom is -0.345 e. The van der Waals surface area contributed by atoms with E-state index in [9.17, 15) is 9.59 Å². The molecule has 0 saturated carbocycles. The fraction of sp³-hybridized carbons (Fsp3) is 0.429. The molecule has 26 heavy (non-hydrogen) atoms. The van der Waals surface area contributed by atoms with Gasteiger partial charge >= 0.3 is 0 Å². The van der Waals surface area contributed by atoms with E-state index in [-0.39, 0.29) is 17.9 Å². The van der Waals surface area contributed by atoms with Gasteiger partial charge < -0.3 is 10.6 Å². The molecule has 2 amide bonds. The maximum Gasteiger partial charge on any atom is 0.262 e. The Balaban J connectivity index is 2.13. The van der Waals surface area contributed by atoms with E-state index in [1.54, 1.807) is 0 Å². The second-order valence-corrected chi connectivity index (χ2v) is 8.72. The number of anilines is 1. The molecular formula is C21H28N2O2S. The van der Waals surface area contributed by atoms with Crippen LogP contribution in [-0.4, -0.2) is 11.8 Å². The summed E-state index contributed by atoms with van der Waals surface area (Å²) in [6.07, 6.45) is 0.812. The summed E-state index contributed by atoms with van der Waals surface area (Å²) in [6.45, 7) is 11.6. The van der Waals surface area contributed by atoms with Gasteiger partial charge in [-0.1, -0.05) is 57.5 Å². The van der Waals surface area contributed by atoms with Gasteiger partial charge in [0, 0.05) is 5.41 Å². The molecule has 1 unspecified atom stereocenters. The third-order valence-corrected chi connectivity index (χ3v) is 5.39. The number of thiophene rings is 1. The fourth-order valence-corrected chi connectivity index (χ4v) is 3.48. The molecule has 2 N–H and O–H groups in total. The number of nitrogens with one attached hydrogen (secondary N) is 2. The Morgan fingerprint density at radius 1 is 1.12 bits per heavy atom. The highest BCUT2D eigenvalue weighted by molar-refractivity contribution is 7.18. The summed E-state index contributed by atoms with van der Waals surface area (Å²) in [6, 6.07) is 10.1. The van der Waals surface area contributed by atoms with Crippen LogP contribution in [0, 0.1) is 19.3 Å². The third-order valence-electron chi connectivity index (χ3n) is 4.24. The van der Waals surface area contributed by atoms with E-state index < -0.39 is 5.41 Å². The van der Waals surface area contributed by atoms with Crippen molar-refractivity contribution in [2.45, 2.75) is 54.0 Å². The van der Waals surface area contributed by atoms with Crippen molar-refractivity contribution in [1.82, 2.24) is 5.32 Å². The summed E-state index contributed by atoms with van der Waals surface area (Å²) in [5, 5.41) is 6.72. The number of carbonyl (C=O) groups excluding carboxylic acids is 2. The van der Waals surface area contributed by atoms with Gasteiger partial charge in [-0.25, -0.2) is 0 Å². The van der Waals surface area contributed by atoms with Crippen LogP contribution in [0.25, 0.3) is 0 Å². The molecule has 1 heterocycles. The molecule has 1 aromatic carbocycles. The van der Waals surface area contributed by atoms with Gasteiger partial charge in [0.1, 0.15) is 0 Å². The molecule has 0 aliphatic rings. The standard InChI is InChI=1S/C21H28N2O2S/c1-7-16(15-10-8-13(2)9-11-15)22-19(24)18-14(3)12-17(26-18)23-20(25)21(4,5)6/h8-12,16H,7H2,1-6H3,(H,22,24)(H,23,25). The van der Waals surface area contributed by atoms with Gasteiger partial charge in [-0.05, 0) is 37.5 Å². The molecule has 0 spiro atoms. The quantitative estimate of drug-likeness (QED) is 0.755. The van der Waals surface area contributed by atoms with Crippen LogP contribution < -0.4 is 10.6 Å². The first-order valence-corrected chi connectivity index (χ1v) is 9.72. The Labute approximate surface area is 160 Å². The van der Waals surface area contributed by atoms with Crippen molar-refractivity contribution in [1.29, 1.82) is 0 Å². The first kappa shape index (κ1) is 20.2. The molecule has 1 atom stereocenters. The Morgan fingerprint density at radius 3 is 2.27 bits per heavy atom. The zero-order valence-corrected chi connectivity index (χ0v) is 17.2. The van der Waals surface area contributed by atoms with E-state index >= 15 is 0 Å². The normalized spacial score (nSPS) is 12.5. The van der Waals surface area contributed by atoms with Gasteiger partial charge in [-0.3, -0.25) is 9.59 Å². The average Bonchev–Trinajstić information content (AvgIpc) is 2.93. The number of aryl methyl sites for hydroxylation is 2. The second-order valence-electron chi connectivity index (χ2n) is 7.67. The maximum absolute atomic E-state index is 12.8. The Morgan fingerprint density at radius 2 is 1.73 bits per heavy atom. The topological polar surface area (TPSA) is 58.2 Å². The summed E-state index contributed by atoms with van der Waals surface area (Å²) in [5.41, 5.74) is 2.69. The number of hydrogen-bond donors (Lipinski definition) is 2. The van der Waals surface area contributed by atoms with Gasteiger partial charge in [-0.15, -0.1) is 11.3 Å². The minimum atomic E-state index is -0.473. The van der Waals surface area contributed by atoms with Gasteiger partial charge in [0.15, 0.2) is 0 Å². The molecule has 0 radical (unpaired) electrons. The predicted molar refractivity (Wildman–Crippen MR) is 109 cm³/mol. The van der Waals surface area contributed by atoms with E-state index in [0.717, 1.165) is 17.5 Å². The number of hydrogen-bond acceptors (Lipinski definition) is 3. The lowest BCUT2D eigenvalue weighted by Gasteiger charge is -2.17. The molecule has 0 saturated heterocycles. The first-order chi connectivity index (χ1) is 12.1. The van der Waals surface area contributed by atoms with Crippen LogP contribution >= 0.6 is 11.3 Å². The van der Waals surface area contributed by atoms with E-state index in [1.807, 2.05) is 40.7 Å². The molecule has 0 bridgehead atoms. The molecule has 0 aliphatic heterocycles. The number of amides is 2. The van der Waals surface area contributed by atoms with Crippen molar-refractivity contribution in [3.05, 3.63) is 51.9 Å². The molecule has 0 fully saturated rings. The Bertz CT molecular complexity index is 785. The molecule has 1 aromatic heterocycles. The van der Waals surface area contributed by atoms with Crippen LogP contribution in [0.15, 0.2) is 30.3 Å². The lowest BCUT2D eigenvalue weighted by atomic mass is 9.96. The zero-order valence-electron chi connectivity index (χ0n) is 16.4. The van der Waals surface area contributed by atoms with Crippen molar-refractivity contribution in [2.75, 3.05) is 5.32 Å². The predicted octanol–water partition coefficient (Wildman–Crippen LogP) is 5.23. The van der Waals surface area contributed by atoms with E-state index in [4.69, 9.17) is 0 Å². The molecular weight excluding hydrogens is 344 g/mol. The minimum absolute atomic E-state index is 0.0304. The Hall–Kier alpha value is -2.14. The first-order valence-electron chi connectivity index (χ1n) is 8.91. The second kappa shape index (κ2) is 8.04. The lowest BCUT2D eigenvalue weighted by Crippen LogP contribution is -2.28. The van der Waals surface area contributed by atoms with Crippen molar-refractivity contribution in [3.8, 4) is 0 Å². The highest BCUT2D eigenvalue weighted by Crippen LogP contribution is 2.29. The van der Waals surface area contributed by atoms with Crippen LogP contribution in [0.4, 0.5) is 5.00 Å². The number of benzene rings is 1. The smallest absolute Gasteiger partial charge is 0.262 e. The van der Waals surface area contributed by atoms with E-state index in [0.29, 0.717) is 9.88 Å². The van der Waals surface area contributed by atoms with Gasteiger partial charge in [0.25, 0.3) is 5.91 Å². The number of carbonyl (C=O) groups is 2. The highest BCUT2D eigenvalue weighted by atomic mass is 32.1. The van der Waals surface area contributed by atoms with Gasteiger partial charge in [-0.2, -0.15) is 0 Å². The van der Waals surface area contributed by atoms with Crippen molar-refractivity contribution < 1.29 is 9.59 Å². The van der Waals surface area contributed by atoms with E-state index in [1.165, 1.54) is 16.9 Å². The summed E-state index contributed by atoms with van der Waals surface area (Å²) < 4.78 is 0. The summed E-state index contributed by atoms with van der Waals surface area (Å²) >= 11 is 1.32. The monoisotopic (exact) mass is 372 g/mol. The average molecular weight is 373 g/mol. The fourth-order valence-electron chi connectivity index (χ4n) is 2.51. The summed E-state index contributed by atoms with van der Waals surface area (Å²) in [5.74, 6) is -0.159. The third kappa shape index (κ3) is 4.94. The molecule has 2 aromatic rings. The number of rotatable bonds is 5. The summed E-state index contributed by atoms with van der Waals surface area (Å²) in [4.78, 5) is 25.6. The van der Waals surface area contributed by atoms with Crippen LogP contribution in [0.5, 0.6) is 0 Å². The van der Waals surface area contributed by atoms with Gasteiger partial charge in [0.05, 0.1) is 15.9 Å². The SMILES string of the molecule is CCC(NC(=O)c1sc(NC(=O)C(C)(C)C)cc1C)c1ccc(C)cc1. The molecule has 140 valence electrons. The molecule has 0 aliphatic carbocycles. The Kier molecular flexibility index (Phi) is 6.24. The van der Waals surface area contributed by atoms with E-state index in [2.05, 4.69) is 41.8 Å². The van der Waals surface area contributed by atoms with Gasteiger partial charge in [0.2, 0.25) is 5.91 Å². The molecule has 4 nitrogen and oxygen atoms in total. The zero-order chi connectivity index (χ0) is 19.5. The van der Waals surface area contributed by atoms with Crippen LogP contribution in [-0.2, 0) is 4.79 Å². The highest BCUT2D eigenvalue weighted by Gasteiger charge is 2.23. The maximum atomic E-state index is 12.8.